The van der Waals surface area contributed by atoms with E-state index in [1.807, 2.05) is 0 Å². The van der Waals surface area contributed by atoms with Crippen molar-refractivity contribution >= 4 is 22.6 Å². The first kappa shape index (κ1) is 17.0. The smallest absolute Gasteiger partial charge is 0.374 e. The first-order chi connectivity index (χ1) is 13.0. The number of ether oxygens (including phenoxy) is 1. The summed E-state index contributed by atoms with van der Waals surface area (Å²) in [5.74, 6) is -1.35. The topological polar surface area (TPSA) is 73.8 Å². The second kappa shape index (κ2) is 6.35. The van der Waals surface area contributed by atoms with E-state index in [1.54, 1.807) is 44.2 Å². The van der Waals surface area contributed by atoms with Crippen LogP contribution in [0.25, 0.3) is 16.6 Å². The normalized spacial score (nSPS) is 11.2. The van der Waals surface area contributed by atoms with Gasteiger partial charge in [-0.1, -0.05) is 18.2 Å². The summed E-state index contributed by atoms with van der Waals surface area (Å²) in [6.07, 6.45) is 0. The summed E-state index contributed by atoms with van der Waals surface area (Å²) in [5, 5.41) is 0.513. The molecule has 136 valence electrons. The second-order valence-electron chi connectivity index (χ2n) is 6.20. The number of esters is 1. The van der Waals surface area contributed by atoms with Crippen molar-refractivity contribution in [3.8, 4) is 0 Å². The number of aryl methyl sites for hydroxylation is 2. The van der Waals surface area contributed by atoms with Gasteiger partial charge in [-0.3, -0.25) is 9.20 Å². The molecule has 4 rings (SSSR count). The van der Waals surface area contributed by atoms with Gasteiger partial charge in [0.2, 0.25) is 5.76 Å². The van der Waals surface area contributed by atoms with E-state index in [1.165, 1.54) is 16.5 Å². The maximum atomic E-state index is 13.8. The molecule has 0 unspecified atom stereocenters. The van der Waals surface area contributed by atoms with Crippen molar-refractivity contribution in [3.63, 3.8) is 0 Å². The van der Waals surface area contributed by atoms with Gasteiger partial charge in [-0.05, 0) is 32.0 Å². The zero-order valence-electron chi connectivity index (χ0n) is 14.7. The molecular weight excluding hydrogens is 351 g/mol. The fourth-order valence-corrected chi connectivity index (χ4v) is 3.05. The Morgan fingerprint density at radius 2 is 2.00 bits per heavy atom. The molecule has 0 aliphatic rings. The van der Waals surface area contributed by atoms with E-state index in [0.717, 1.165) is 5.69 Å². The molecule has 3 heterocycles. The largest absolute Gasteiger partial charge is 0.453 e. The zero-order chi connectivity index (χ0) is 19.1. The predicted molar refractivity (Wildman–Crippen MR) is 96.2 cm³/mol. The van der Waals surface area contributed by atoms with Gasteiger partial charge in [-0.15, -0.1) is 0 Å². The lowest BCUT2D eigenvalue weighted by Gasteiger charge is -2.07. The van der Waals surface area contributed by atoms with Gasteiger partial charge in [0.25, 0.3) is 5.56 Å². The number of furan rings is 1. The van der Waals surface area contributed by atoms with Crippen molar-refractivity contribution in [2.45, 2.75) is 20.5 Å². The summed E-state index contributed by atoms with van der Waals surface area (Å²) in [6, 6.07) is 11.1. The second-order valence-corrected chi connectivity index (χ2v) is 6.20. The molecule has 0 aliphatic carbocycles. The minimum Gasteiger partial charge on any atom is -0.453 e. The number of nitrogens with zero attached hydrogens (tertiary/aromatic N) is 2. The third kappa shape index (κ3) is 2.87. The number of carbonyl (C=O) groups excluding carboxylic acids is 1. The van der Waals surface area contributed by atoms with Crippen LogP contribution in [0, 0.1) is 19.7 Å². The van der Waals surface area contributed by atoms with E-state index >= 15 is 0 Å². The summed E-state index contributed by atoms with van der Waals surface area (Å²) in [6.45, 7) is 3.27. The lowest BCUT2D eigenvalue weighted by molar-refractivity contribution is 0.0432. The molecule has 0 bridgehead atoms. The monoisotopic (exact) mass is 366 g/mol. The number of carbonyl (C=O) groups is 1. The summed E-state index contributed by atoms with van der Waals surface area (Å²) >= 11 is 0. The number of benzene rings is 1. The predicted octanol–water partition coefficient (Wildman–Crippen LogP) is 3.55. The molecule has 3 aromatic heterocycles. The van der Waals surface area contributed by atoms with E-state index in [9.17, 15) is 14.0 Å². The van der Waals surface area contributed by atoms with E-state index < -0.39 is 11.8 Å². The Morgan fingerprint density at radius 1 is 1.22 bits per heavy atom. The lowest BCUT2D eigenvalue weighted by atomic mass is 10.1. The molecule has 0 fully saturated rings. The van der Waals surface area contributed by atoms with Gasteiger partial charge in [-0.25, -0.2) is 14.2 Å². The van der Waals surface area contributed by atoms with Gasteiger partial charge in [-0.2, -0.15) is 0 Å². The Bertz CT molecular complexity index is 1260. The maximum absolute atomic E-state index is 13.8. The van der Waals surface area contributed by atoms with Crippen LogP contribution in [0.1, 0.15) is 27.5 Å². The van der Waals surface area contributed by atoms with Crippen LogP contribution in [0.5, 0.6) is 0 Å². The minimum atomic E-state index is -0.741. The fraction of sp³-hybridized carbons (Fsp3) is 0.150. The van der Waals surface area contributed by atoms with Crippen molar-refractivity contribution in [1.29, 1.82) is 0 Å². The third-order valence-corrected chi connectivity index (χ3v) is 4.39. The number of fused-ring (bicyclic) bond motifs is 2. The number of pyridine rings is 1. The molecule has 1 aromatic carbocycles. The van der Waals surface area contributed by atoms with Crippen LogP contribution in [0.4, 0.5) is 4.39 Å². The molecule has 0 atom stereocenters. The highest BCUT2D eigenvalue weighted by molar-refractivity contribution is 5.96. The number of hydrogen-bond donors (Lipinski definition) is 0. The Balaban J connectivity index is 1.62. The quantitative estimate of drug-likeness (QED) is 0.519. The maximum Gasteiger partial charge on any atom is 0.374 e. The average Bonchev–Trinajstić information content (AvgIpc) is 2.98. The average molecular weight is 366 g/mol. The highest BCUT2D eigenvalue weighted by Gasteiger charge is 2.21. The molecule has 0 amide bonds. The minimum absolute atomic E-state index is 0.0134. The molecule has 0 aliphatic heterocycles. The van der Waals surface area contributed by atoms with Gasteiger partial charge in [0, 0.05) is 22.7 Å². The molecule has 27 heavy (non-hydrogen) atoms. The Hall–Kier alpha value is -3.48. The Labute approximate surface area is 152 Å². The van der Waals surface area contributed by atoms with Crippen LogP contribution in [0.15, 0.2) is 51.7 Å². The summed E-state index contributed by atoms with van der Waals surface area (Å²) < 4.78 is 25.9. The first-order valence-electron chi connectivity index (χ1n) is 8.29. The van der Waals surface area contributed by atoms with Crippen molar-refractivity contribution in [2.24, 2.45) is 0 Å². The van der Waals surface area contributed by atoms with Crippen molar-refractivity contribution in [3.05, 3.63) is 81.3 Å². The number of aromatic nitrogens is 2. The highest BCUT2D eigenvalue weighted by Crippen LogP contribution is 2.27. The van der Waals surface area contributed by atoms with Crippen LogP contribution in [-0.4, -0.2) is 15.4 Å². The summed E-state index contributed by atoms with van der Waals surface area (Å²) in [5.41, 5.74) is 1.80. The Morgan fingerprint density at radius 3 is 2.78 bits per heavy atom. The van der Waals surface area contributed by atoms with Crippen LogP contribution in [-0.2, 0) is 11.3 Å². The van der Waals surface area contributed by atoms with Gasteiger partial charge >= 0.3 is 5.97 Å². The van der Waals surface area contributed by atoms with Crippen molar-refractivity contribution < 1.29 is 18.3 Å². The van der Waals surface area contributed by atoms with E-state index in [-0.39, 0.29) is 23.5 Å². The summed E-state index contributed by atoms with van der Waals surface area (Å²) in [7, 11) is 0. The summed E-state index contributed by atoms with van der Waals surface area (Å²) in [4.78, 5) is 29.0. The van der Waals surface area contributed by atoms with E-state index in [0.29, 0.717) is 22.3 Å². The van der Waals surface area contributed by atoms with Gasteiger partial charge in [0.15, 0.2) is 11.4 Å². The molecule has 0 saturated carbocycles. The van der Waals surface area contributed by atoms with E-state index in [4.69, 9.17) is 9.15 Å². The van der Waals surface area contributed by atoms with Gasteiger partial charge in [0.1, 0.15) is 12.3 Å². The van der Waals surface area contributed by atoms with Crippen LogP contribution in [0.3, 0.4) is 0 Å². The van der Waals surface area contributed by atoms with Crippen LogP contribution < -0.4 is 5.56 Å². The van der Waals surface area contributed by atoms with Crippen molar-refractivity contribution in [2.75, 3.05) is 0 Å². The number of halogens is 1. The first-order valence-corrected chi connectivity index (χ1v) is 8.29. The standard InChI is InChI=1S/C20H15FN2O4/c1-11-5-3-8-16-22-13(9-17(24)23(11)16)10-26-20(25)18-12(2)14-6-4-7-15(21)19(14)27-18/h3-9H,10H2,1-2H3. The molecule has 6 nitrogen and oxygen atoms in total. The molecular formula is C20H15FN2O4. The molecule has 0 spiro atoms. The van der Waals surface area contributed by atoms with E-state index in [2.05, 4.69) is 4.98 Å². The number of rotatable bonds is 3. The number of para-hydroxylation sites is 1. The van der Waals surface area contributed by atoms with Gasteiger partial charge in [0.05, 0.1) is 5.69 Å². The zero-order valence-corrected chi connectivity index (χ0v) is 14.7. The molecule has 0 radical (unpaired) electrons. The SMILES string of the molecule is Cc1c(C(=O)OCc2cc(=O)n3c(C)cccc3n2)oc2c(F)cccc12. The third-order valence-electron chi connectivity index (χ3n) is 4.39. The molecule has 4 aromatic rings. The van der Waals surface area contributed by atoms with Crippen LogP contribution in [0.2, 0.25) is 0 Å². The Kier molecular flexibility index (Phi) is 3.99. The van der Waals surface area contributed by atoms with Crippen LogP contribution >= 0.6 is 0 Å². The molecule has 0 saturated heterocycles. The molecule has 7 heteroatoms. The van der Waals surface area contributed by atoms with Crippen molar-refractivity contribution in [1.82, 2.24) is 9.38 Å². The fourth-order valence-electron chi connectivity index (χ4n) is 3.05. The highest BCUT2D eigenvalue weighted by atomic mass is 19.1. The molecule has 0 N–H and O–H groups in total. The number of hydrogen-bond acceptors (Lipinski definition) is 5. The van der Waals surface area contributed by atoms with Gasteiger partial charge < -0.3 is 9.15 Å². The lowest BCUT2D eigenvalue weighted by Crippen LogP contribution is -2.18.